The first-order valence-electron chi connectivity index (χ1n) is 8.39. The van der Waals surface area contributed by atoms with E-state index < -0.39 is 5.97 Å². The van der Waals surface area contributed by atoms with Gasteiger partial charge in [0.2, 0.25) is 0 Å². The predicted molar refractivity (Wildman–Crippen MR) is 98.2 cm³/mol. The fourth-order valence-electron chi connectivity index (χ4n) is 3.03. The van der Waals surface area contributed by atoms with Crippen molar-refractivity contribution in [1.29, 1.82) is 0 Å². The highest BCUT2D eigenvalue weighted by Crippen LogP contribution is 2.23. The van der Waals surface area contributed by atoms with Gasteiger partial charge in [0.05, 0.1) is 13.5 Å². The molecule has 0 radical (unpaired) electrons. The molecule has 2 aromatic carbocycles. The van der Waals surface area contributed by atoms with Crippen molar-refractivity contribution in [3.63, 3.8) is 0 Å². The summed E-state index contributed by atoms with van der Waals surface area (Å²) in [5.74, 6) is -0.118. The summed E-state index contributed by atoms with van der Waals surface area (Å²) in [6, 6.07) is 13.1. The van der Waals surface area contributed by atoms with Crippen molar-refractivity contribution in [2.24, 2.45) is 0 Å². The number of halogens is 1. The van der Waals surface area contributed by atoms with Crippen LogP contribution in [0.3, 0.4) is 0 Å². The van der Waals surface area contributed by atoms with E-state index in [2.05, 4.69) is 6.07 Å². The van der Waals surface area contributed by atoms with E-state index in [0.29, 0.717) is 29.4 Å². The molecule has 5 nitrogen and oxygen atoms in total. The first-order valence-corrected chi connectivity index (χ1v) is 8.77. The molecule has 0 saturated carbocycles. The van der Waals surface area contributed by atoms with Gasteiger partial charge in [0.15, 0.2) is 6.61 Å². The molecule has 0 atom stereocenters. The molecule has 0 saturated heterocycles. The van der Waals surface area contributed by atoms with Crippen LogP contribution in [-0.2, 0) is 33.7 Å². The number of fused-ring (bicyclic) bond motifs is 1. The van der Waals surface area contributed by atoms with Crippen molar-refractivity contribution in [1.82, 2.24) is 4.90 Å². The maximum Gasteiger partial charge on any atom is 0.310 e. The van der Waals surface area contributed by atoms with E-state index in [-0.39, 0.29) is 18.9 Å². The third kappa shape index (κ3) is 4.35. The molecule has 0 N–H and O–H groups in total. The van der Waals surface area contributed by atoms with Gasteiger partial charge in [-0.1, -0.05) is 35.9 Å². The number of amides is 1. The van der Waals surface area contributed by atoms with Crippen molar-refractivity contribution >= 4 is 23.5 Å². The van der Waals surface area contributed by atoms with Crippen molar-refractivity contribution in [3.05, 3.63) is 64.2 Å². The molecule has 1 aliphatic rings. The molecule has 1 heterocycles. The van der Waals surface area contributed by atoms with Crippen molar-refractivity contribution in [3.8, 4) is 5.75 Å². The highest BCUT2D eigenvalue weighted by Gasteiger charge is 2.21. The largest absolute Gasteiger partial charge is 0.496 e. The molecule has 1 aliphatic heterocycles. The van der Waals surface area contributed by atoms with Crippen molar-refractivity contribution in [2.45, 2.75) is 19.4 Å². The lowest BCUT2D eigenvalue weighted by Gasteiger charge is -2.28. The molecule has 0 aromatic heterocycles. The second kappa shape index (κ2) is 8.23. The Morgan fingerprint density at radius 2 is 1.92 bits per heavy atom. The van der Waals surface area contributed by atoms with E-state index in [4.69, 9.17) is 21.1 Å². The minimum atomic E-state index is -0.490. The second-order valence-corrected chi connectivity index (χ2v) is 6.56. The molecular weight excluding hydrogens is 354 g/mol. The number of benzene rings is 2. The van der Waals surface area contributed by atoms with Crippen molar-refractivity contribution in [2.75, 3.05) is 20.3 Å². The van der Waals surface area contributed by atoms with Gasteiger partial charge in [0, 0.05) is 23.7 Å². The standard InChI is InChI=1S/C20H20ClNO4/c1-25-18-7-6-17(21)10-16(18)11-20(24)26-13-19(23)22-9-8-14-4-2-3-5-15(14)12-22/h2-7,10H,8-9,11-13H2,1H3. The summed E-state index contributed by atoms with van der Waals surface area (Å²) in [6.45, 7) is 0.925. The molecular formula is C20H20ClNO4. The smallest absolute Gasteiger partial charge is 0.310 e. The topological polar surface area (TPSA) is 55.8 Å². The Morgan fingerprint density at radius 3 is 2.69 bits per heavy atom. The highest BCUT2D eigenvalue weighted by atomic mass is 35.5. The summed E-state index contributed by atoms with van der Waals surface area (Å²) >= 11 is 5.96. The Kier molecular flexibility index (Phi) is 5.78. The minimum Gasteiger partial charge on any atom is -0.496 e. The molecule has 136 valence electrons. The molecule has 6 heteroatoms. The fraction of sp³-hybridized carbons (Fsp3) is 0.300. The van der Waals surface area contributed by atoms with Crippen LogP contribution in [0.4, 0.5) is 0 Å². The summed E-state index contributed by atoms with van der Waals surface area (Å²) in [5.41, 5.74) is 3.04. The normalized spacial score (nSPS) is 13.1. The van der Waals surface area contributed by atoms with Gasteiger partial charge in [-0.05, 0) is 35.7 Å². The number of carbonyl (C=O) groups is 2. The van der Waals surface area contributed by atoms with E-state index >= 15 is 0 Å². The van der Waals surface area contributed by atoms with E-state index in [1.165, 1.54) is 12.7 Å². The molecule has 0 bridgehead atoms. The van der Waals surface area contributed by atoms with Gasteiger partial charge < -0.3 is 14.4 Å². The van der Waals surface area contributed by atoms with Gasteiger partial charge in [-0.25, -0.2) is 0 Å². The zero-order valence-corrected chi connectivity index (χ0v) is 15.3. The van der Waals surface area contributed by atoms with Gasteiger partial charge in [0.25, 0.3) is 5.91 Å². The van der Waals surface area contributed by atoms with Crippen LogP contribution in [-0.4, -0.2) is 37.0 Å². The Hall–Kier alpha value is -2.53. The molecule has 3 rings (SSSR count). The summed E-state index contributed by atoms with van der Waals surface area (Å²) in [5, 5.41) is 0.511. The summed E-state index contributed by atoms with van der Waals surface area (Å²) in [4.78, 5) is 26.1. The zero-order chi connectivity index (χ0) is 18.5. The number of hydrogen-bond donors (Lipinski definition) is 0. The van der Waals surface area contributed by atoms with Crippen LogP contribution in [0.2, 0.25) is 5.02 Å². The van der Waals surface area contributed by atoms with Crippen LogP contribution in [0.5, 0.6) is 5.75 Å². The first kappa shape index (κ1) is 18.3. The lowest BCUT2D eigenvalue weighted by atomic mass is 10.00. The SMILES string of the molecule is COc1ccc(Cl)cc1CC(=O)OCC(=O)N1CCc2ccccc2C1. The number of ether oxygens (including phenoxy) is 2. The zero-order valence-electron chi connectivity index (χ0n) is 14.5. The summed E-state index contributed by atoms with van der Waals surface area (Å²) in [7, 11) is 1.52. The molecule has 2 aromatic rings. The van der Waals surface area contributed by atoms with Crippen LogP contribution in [0.1, 0.15) is 16.7 Å². The monoisotopic (exact) mass is 373 g/mol. The number of esters is 1. The average Bonchev–Trinajstić information content (AvgIpc) is 2.66. The van der Waals surface area contributed by atoms with Crippen LogP contribution < -0.4 is 4.74 Å². The van der Waals surface area contributed by atoms with Crippen molar-refractivity contribution < 1.29 is 19.1 Å². The van der Waals surface area contributed by atoms with Gasteiger partial charge in [-0.15, -0.1) is 0 Å². The second-order valence-electron chi connectivity index (χ2n) is 6.13. The maximum atomic E-state index is 12.3. The minimum absolute atomic E-state index is 0.000152. The Morgan fingerprint density at radius 1 is 1.15 bits per heavy atom. The maximum absolute atomic E-state index is 12.3. The Balaban J connectivity index is 1.54. The van der Waals surface area contributed by atoms with Gasteiger partial charge >= 0.3 is 5.97 Å². The van der Waals surface area contributed by atoms with Crippen LogP contribution in [0, 0.1) is 0 Å². The molecule has 0 spiro atoms. The fourth-order valence-corrected chi connectivity index (χ4v) is 3.23. The predicted octanol–water partition coefficient (Wildman–Crippen LogP) is 3.02. The van der Waals surface area contributed by atoms with E-state index in [9.17, 15) is 9.59 Å². The summed E-state index contributed by atoms with van der Waals surface area (Å²) in [6.07, 6.45) is 0.815. The van der Waals surface area contributed by atoms with E-state index in [1.54, 1.807) is 23.1 Å². The molecule has 26 heavy (non-hydrogen) atoms. The molecule has 0 aliphatic carbocycles. The van der Waals surface area contributed by atoms with Crippen LogP contribution >= 0.6 is 11.6 Å². The number of methoxy groups -OCH3 is 1. The van der Waals surface area contributed by atoms with E-state index in [0.717, 1.165) is 12.0 Å². The Bertz CT molecular complexity index is 821. The number of carbonyl (C=O) groups excluding carboxylic acids is 2. The van der Waals surface area contributed by atoms with Gasteiger partial charge in [0.1, 0.15) is 5.75 Å². The quantitative estimate of drug-likeness (QED) is 0.756. The molecule has 0 unspecified atom stereocenters. The number of nitrogens with zero attached hydrogens (tertiary/aromatic N) is 1. The van der Waals surface area contributed by atoms with Crippen LogP contribution in [0.15, 0.2) is 42.5 Å². The highest BCUT2D eigenvalue weighted by molar-refractivity contribution is 6.30. The molecule has 0 fully saturated rings. The number of hydrogen-bond acceptors (Lipinski definition) is 4. The lowest BCUT2D eigenvalue weighted by Crippen LogP contribution is -2.38. The summed E-state index contributed by atoms with van der Waals surface area (Å²) < 4.78 is 10.4. The van der Waals surface area contributed by atoms with Gasteiger partial charge in [-0.3, -0.25) is 9.59 Å². The van der Waals surface area contributed by atoms with Gasteiger partial charge in [-0.2, -0.15) is 0 Å². The number of rotatable bonds is 5. The average molecular weight is 374 g/mol. The Labute approximate surface area is 157 Å². The lowest BCUT2D eigenvalue weighted by molar-refractivity contribution is -0.151. The van der Waals surface area contributed by atoms with E-state index in [1.807, 2.05) is 18.2 Å². The van der Waals surface area contributed by atoms with Crippen LogP contribution in [0.25, 0.3) is 0 Å². The first-order chi connectivity index (χ1) is 12.6. The third-order valence-electron chi connectivity index (χ3n) is 4.42. The third-order valence-corrected chi connectivity index (χ3v) is 4.65. The molecule has 1 amide bonds.